The Morgan fingerprint density at radius 2 is 1.55 bits per heavy atom. The Labute approximate surface area is 195 Å². The Balaban J connectivity index is 1.55. The molecule has 1 heterocycles. The van der Waals surface area contributed by atoms with E-state index < -0.39 is 20.0 Å². The van der Waals surface area contributed by atoms with Crippen LogP contribution < -0.4 is 10.5 Å². The quantitative estimate of drug-likeness (QED) is 0.595. The first-order valence-electron chi connectivity index (χ1n) is 10.7. The SMILES string of the molecule is Cc1ccc(S(=O)(=O)N2CCCN(CC(=O)N[C@@H](C)c3ccc(S(N)(=O)=O)cc3)CC2)cc1. The molecule has 0 bridgehead atoms. The van der Waals surface area contributed by atoms with Crippen molar-refractivity contribution in [3.63, 3.8) is 0 Å². The summed E-state index contributed by atoms with van der Waals surface area (Å²) in [5.41, 5.74) is 1.75. The molecule has 0 unspecified atom stereocenters. The van der Waals surface area contributed by atoms with Gasteiger partial charge in [-0.15, -0.1) is 0 Å². The molecule has 180 valence electrons. The van der Waals surface area contributed by atoms with E-state index in [4.69, 9.17) is 5.14 Å². The second kappa shape index (κ2) is 10.3. The molecule has 1 fully saturated rings. The first-order valence-corrected chi connectivity index (χ1v) is 13.7. The highest BCUT2D eigenvalue weighted by Crippen LogP contribution is 2.19. The van der Waals surface area contributed by atoms with Crippen LogP contribution in [0.15, 0.2) is 58.3 Å². The first kappa shape index (κ1) is 25.3. The van der Waals surface area contributed by atoms with Gasteiger partial charge in [0.1, 0.15) is 0 Å². The Morgan fingerprint density at radius 1 is 0.939 bits per heavy atom. The summed E-state index contributed by atoms with van der Waals surface area (Å²) < 4.78 is 50.1. The Bertz CT molecular complexity index is 1180. The fourth-order valence-corrected chi connectivity index (χ4v) is 5.71. The summed E-state index contributed by atoms with van der Waals surface area (Å²) in [4.78, 5) is 14.8. The maximum atomic E-state index is 13.0. The van der Waals surface area contributed by atoms with Crippen LogP contribution in [0, 0.1) is 6.92 Å². The average Bonchev–Trinajstić information content (AvgIpc) is 2.99. The molecule has 1 atom stereocenters. The summed E-state index contributed by atoms with van der Waals surface area (Å²) >= 11 is 0. The van der Waals surface area contributed by atoms with Crippen molar-refractivity contribution in [3.05, 3.63) is 59.7 Å². The van der Waals surface area contributed by atoms with Gasteiger partial charge in [-0.1, -0.05) is 29.8 Å². The van der Waals surface area contributed by atoms with Crippen molar-refractivity contribution in [2.45, 2.75) is 36.1 Å². The zero-order chi connectivity index (χ0) is 24.2. The van der Waals surface area contributed by atoms with Crippen molar-refractivity contribution in [2.75, 3.05) is 32.7 Å². The minimum Gasteiger partial charge on any atom is -0.348 e. The number of benzene rings is 2. The lowest BCUT2D eigenvalue weighted by atomic mass is 10.1. The lowest BCUT2D eigenvalue weighted by Gasteiger charge is -2.22. The lowest BCUT2D eigenvalue weighted by molar-refractivity contribution is -0.122. The Morgan fingerprint density at radius 3 is 2.15 bits per heavy atom. The smallest absolute Gasteiger partial charge is 0.243 e. The summed E-state index contributed by atoms with van der Waals surface area (Å²) in [6.07, 6.45) is 0.628. The zero-order valence-corrected chi connectivity index (χ0v) is 20.4. The van der Waals surface area contributed by atoms with Crippen LogP contribution in [0.4, 0.5) is 0 Å². The van der Waals surface area contributed by atoms with Gasteiger partial charge in [-0.25, -0.2) is 22.0 Å². The monoisotopic (exact) mass is 494 g/mol. The number of nitrogens with one attached hydrogen (secondary N) is 1. The minimum absolute atomic E-state index is 0.0134. The van der Waals surface area contributed by atoms with E-state index in [2.05, 4.69) is 5.32 Å². The number of sulfonamides is 2. The van der Waals surface area contributed by atoms with Gasteiger partial charge in [0.2, 0.25) is 26.0 Å². The molecule has 1 saturated heterocycles. The van der Waals surface area contributed by atoms with E-state index in [0.29, 0.717) is 32.6 Å². The zero-order valence-electron chi connectivity index (χ0n) is 18.8. The van der Waals surface area contributed by atoms with Crippen LogP contribution >= 0.6 is 0 Å². The summed E-state index contributed by atoms with van der Waals surface area (Å²) in [7, 11) is -7.34. The Hall–Kier alpha value is -2.31. The molecular weight excluding hydrogens is 464 g/mol. The van der Waals surface area contributed by atoms with E-state index in [1.54, 1.807) is 36.4 Å². The number of hydrogen-bond acceptors (Lipinski definition) is 6. The summed E-state index contributed by atoms with van der Waals surface area (Å²) in [5, 5.41) is 8.01. The molecule has 11 heteroatoms. The third-order valence-electron chi connectivity index (χ3n) is 5.66. The number of aryl methyl sites for hydroxylation is 1. The molecular formula is C22H30N4O5S2. The van der Waals surface area contributed by atoms with Crippen LogP contribution in [-0.4, -0.2) is 64.7 Å². The normalized spacial score (nSPS) is 17.3. The highest BCUT2D eigenvalue weighted by atomic mass is 32.2. The van der Waals surface area contributed by atoms with Gasteiger partial charge in [0, 0.05) is 19.6 Å². The number of nitrogens with two attached hydrogens (primary N) is 1. The van der Waals surface area contributed by atoms with E-state index >= 15 is 0 Å². The molecule has 2 aromatic carbocycles. The third-order valence-corrected chi connectivity index (χ3v) is 8.50. The van der Waals surface area contributed by atoms with E-state index in [1.807, 2.05) is 18.7 Å². The molecule has 2 aromatic rings. The van der Waals surface area contributed by atoms with Crippen molar-refractivity contribution in [1.29, 1.82) is 0 Å². The van der Waals surface area contributed by atoms with E-state index in [-0.39, 0.29) is 28.3 Å². The fraction of sp³-hybridized carbons (Fsp3) is 0.409. The Kier molecular flexibility index (Phi) is 7.91. The van der Waals surface area contributed by atoms with Crippen molar-refractivity contribution in [3.8, 4) is 0 Å². The number of primary sulfonamides is 1. The lowest BCUT2D eigenvalue weighted by Crippen LogP contribution is -2.40. The molecule has 0 aliphatic carbocycles. The topological polar surface area (TPSA) is 130 Å². The summed E-state index contributed by atoms with van der Waals surface area (Å²) in [6, 6.07) is 12.5. The highest BCUT2D eigenvalue weighted by molar-refractivity contribution is 7.89. The first-order chi connectivity index (χ1) is 15.5. The number of rotatable bonds is 7. The van der Waals surface area contributed by atoms with Gasteiger partial charge in [-0.2, -0.15) is 4.31 Å². The molecule has 3 N–H and O–H groups in total. The van der Waals surface area contributed by atoms with E-state index in [9.17, 15) is 21.6 Å². The van der Waals surface area contributed by atoms with Gasteiger partial charge >= 0.3 is 0 Å². The van der Waals surface area contributed by atoms with Gasteiger partial charge in [-0.3, -0.25) is 9.69 Å². The van der Waals surface area contributed by atoms with Gasteiger partial charge < -0.3 is 5.32 Å². The summed E-state index contributed by atoms with van der Waals surface area (Å²) in [5.74, 6) is -0.187. The number of carbonyl (C=O) groups excluding carboxylic acids is 1. The predicted molar refractivity (Wildman–Crippen MR) is 125 cm³/mol. The summed E-state index contributed by atoms with van der Waals surface area (Å²) in [6.45, 7) is 5.65. The van der Waals surface area contributed by atoms with Crippen LogP contribution in [0.2, 0.25) is 0 Å². The van der Waals surface area contributed by atoms with Crippen LogP contribution in [0.5, 0.6) is 0 Å². The van der Waals surface area contributed by atoms with E-state index in [0.717, 1.165) is 11.1 Å². The molecule has 0 radical (unpaired) electrons. The maximum absolute atomic E-state index is 13.0. The van der Waals surface area contributed by atoms with Gasteiger partial charge in [0.25, 0.3) is 0 Å². The van der Waals surface area contributed by atoms with Crippen molar-refractivity contribution < 1.29 is 21.6 Å². The minimum atomic E-state index is -3.77. The molecule has 33 heavy (non-hydrogen) atoms. The number of carbonyl (C=O) groups is 1. The fourth-order valence-electron chi connectivity index (χ4n) is 3.72. The van der Waals surface area contributed by atoms with Crippen molar-refractivity contribution >= 4 is 26.0 Å². The largest absolute Gasteiger partial charge is 0.348 e. The molecule has 3 rings (SSSR count). The van der Waals surface area contributed by atoms with Crippen LogP contribution in [-0.2, 0) is 24.8 Å². The van der Waals surface area contributed by atoms with Crippen molar-refractivity contribution in [1.82, 2.24) is 14.5 Å². The van der Waals surface area contributed by atoms with Gasteiger partial charge in [-0.05, 0) is 56.6 Å². The van der Waals surface area contributed by atoms with Gasteiger partial charge in [0.05, 0.1) is 22.4 Å². The predicted octanol–water partition coefficient (Wildman–Crippen LogP) is 1.22. The molecule has 1 amide bonds. The highest BCUT2D eigenvalue weighted by Gasteiger charge is 2.27. The maximum Gasteiger partial charge on any atom is 0.243 e. The molecule has 1 aliphatic rings. The van der Waals surface area contributed by atoms with Crippen LogP contribution in [0.1, 0.15) is 30.5 Å². The molecule has 0 spiro atoms. The van der Waals surface area contributed by atoms with Crippen LogP contribution in [0.3, 0.4) is 0 Å². The van der Waals surface area contributed by atoms with Crippen LogP contribution in [0.25, 0.3) is 0 Å². The van der Waals surface area contributed by atoms with Crippen molar-refractivity contribution in [2.24, 2.45) is 5.14 Å². The van der Waals surface area contributed by atoms with Gasteiger partial charge in [0.15, 0.2) is 0 Å². The second-order valence-corrected chi connectivity index (χ2v) is 11.7. The average molecular weight is 495 g/mol. The number of amides is 1. The molecule has 0 saturated carbocycles. The van der Waals surface area contributed by atoms with E-state index in [1.165, 1.54) is 16.4 Å². The molecule has 9 nitrogen and oxygen atoms in total. The molecule has 0 aromatic heterocycles. The second-order valence-electron chi connectivity index (χ2n) is 8.25. The standard InChI is InChI=1S/C22H30N4O5S2/c1-17-4-8-21(9-5-17)33(30,31)26-13-3-12-25(14-15-26)16-22(27)24-18(2)19-6-10-20(11-7-19)32(23,28)29/h4-11,18H,3,12-16H2,1-2H3,(H,24,27)(H2,23,28,29)/t18-/m0/s1. The molecule has 1 aliphatic heterocycles. The number of nitrogens with zero attached hydrogens (tertiary/aromatic N) is 2. The number of hydrogen-bond donors (Lipinski definition) is 2. The third kappa shape index (κ3) is 6.61.